The van der Waals surface area contributed by atoms with Crippen LogP contribution in [0.3, 0.4) is 0 Å². The zero-order valence-corrected chi connectivity index (χ0v) is 13.4. The highest BCUT2D eigenvalue weighted by Gasteiger charge is 2.09. The lowest BCUT2D eigenvalue weighted by atomic mass is 10.0. The first-order valence-corrected chi connectivity index (χ1v) is 7.81. The summed E-state index contributed by atoms with van der Waals surface area (Å²) in [6.07, 6.45) is 0. The summed E-state index contributed by atoms with van der Waals surface area (Å²) in [4.78, 5) is 33.8. The van der Waals surface area contributed by atoms with Crippen molar-refractivity contribution in [2.45, 2.75) is 6.61 Å². The van der Waals surface area contributed by atoms with Crippen molar-refractivity contribution in [3.63, 3.8) is 0 Å². The number of carbonyl (C=O) groups is 2. The molecule has 0 amide bonds. The molecule has 0 unspecified atom stereocenters. The predicted octanol–water partition coefficient (Wildman–Crippen LogP) is 4.21. The van der Waals surface area contributed by atoms with Crippen LogP contribution in [-0.4, -0.2) is 11.8 Å². The van der Waals surface area contributed by atoms with Crippen LogP contribution in [0.4, 0.5) is 0 Å². The Kier molecular flexibility index (Phi) is 5.34. The Hall–Kier alpha value is -3.24. The molecule has 0 aliphatic carbocycles. The molecule has 0 saturated carbocycles. The van der Waals surface area contributed by atoms with Gasteiger partial charge in [0.2, 0.25) is 0 Å². The molecule has 124 valence electrons. The van der Waals surface area contributed by atoms with E-state index in [1.165, 1.54) is 0 Å². The minimum atomic E-state index is -0.545. The standard InChI is InChI=1S/C21H16O4/c22-20(17-7-3-1-4-8-17)18-13-11-16(12-14-18)15-24-25-21(23)19-9-5-2-6-10-19/h1-14H,15H2. The largest absolute Gasteiger partial charge is 0.373 e. The minimum Gasteiger partial charge on any atom is -0.292 e. The maximum atomic E-state index is 12.3. The van der Waals surface area contributed by atoms with Gasteiger partial charge in [-0.25, -0.2) is 4.79 Å². The summed E-state index contributed by atoms with van der Waals surface area (Å²) in [5, 5.41) is 0. The Bertz CT molecular complexity index is 840. The Labute approximate surface area is 145 Å². The summed E-state index contributed by atoms with van der Waals surface area (Å²) in [7, 11) is 0. The lowest BCUT2D eigenvalue weighted by molar-refractivity contribution is -0.250. The second kappa shape index (κ2) is 8.04. The summed E-state index contributed by atoms with van der Waals surface area (Å²) in [5.74, 6) is -0.583. The Balaban J connectivity index is 1.54. The number of hydrogen-bond donors (Lipinski definition) is 0. The van der Waals surface area contributed by atoms with E-state index in [9.17, 15) is 9.59 Å². The third-order valence-electron chi connectivity index (χ3n) is 3.62. The van der Waals surface area contributed by atoms with Gasteiger partial charge in [0, 0.05) is 11.1 Å². The third-order valence-corrected chi connectivity index (χ3v) is 3.62. The zero-order chi connectivity index (χ0) is 17.5. The van der Waals surface area contributed by atoms with E-state index in [2.05, 4.69) is 0 Å². The highest BCUT2D eigenvalue weighted by Crippen LogP contribution is 2.12. The van der Waals surface area contributed by atoms with Gasteiger partial charge in [-0.05, 0) is 17.7 Å². The van der Waals surface area contributed by atoms with Crippen molar-refractivity contribution in [1.29, 1.82) is 0 Å². The SMILES string of the molecule is O=C(OOCc1ccc(C(=O)c2ccccc2)cc1)c1ccccc1. The van der Waals surface area contributed by atoms with Crippen molar-refractivity contribution in [2.75, 3.05) is 0 Å². The van der Waals surface area contributed by atoms with Gasteiger partial charge in [0.05, 0.1) is 5.56 Å². The average molecular weight is 332 g/mol. The van der Waals surface area contributed by atoms with E-state index in [4.69, 9.17) is 9.78 Å². The van der Waals surface area contributed by atoms with Crippen molar-refractivity contribution in [1.82, 2.24) is 0 Å². The second-order valence-corrected chi connectivity index (χ2v) is 5.39. The highest BCUT2D eigenvalue weighted by molar-refractivity contribution is 6.08. The van der Waals surface area contributed by atoms with E-state index in [1.807, 2.05) is 24.3 Å². The molecule has 0 spiro atoms. The van der Waals surface area contributed by atoms with E-state index in [-0.39, 0.29) is 12.4 Å². The van der Waals surface area contributed by atoms with Crippen molar-refractivity contribution in [3.8, 4) is 0 Å². The predicted molar refractivity (Wildman–Crippen MR) is 93.0 cm³/mol. The number of benzene rings is 3. The smallest absolute Gasteiger partial charge is 0.292 e. The quantitative estimate of drug-likeness (QED) is 0.385. The van der Waals surface area contributed by atoms with Gasteiger partial charge in [0.25, 0.3) is 0 Å². The molecular weight excluding hydrogens is 316 g/mol. The van der Waals surface area contributed by atoms with Gasteiger partial charge in [-0.2, -0.15) is 4.89 Å². The maximum Gasteiger partial charge on any atom is 0.373 e. The monoisotopic (exact) mass is 332 g/mol. The van der Waals surface area contributed by atoms with E-state index < -0.39 is 5.97 Å². The molecule has 3 aromatic carbocycles. The van der Waals surface area contributed by atoms with E-state index in [0.717, 1.165) is 5.56 Å². The summed E-state index contributed by atoms with van der Waals surface area (Å²) < 4.78 is 0. The molecule has 0 saturated heterocycles. The Morgan fingerprint density at radius 2 is 1.16 bits per heavy atom. The lowest BCUT2D eigenvalue weighted by Crippen LogP contribution is -2.06. The molecule has 0 bridgehead atoms. The van der Waals surface area contributed by atoms with E-state index in [0.29, 0.717) is 16.7 Å². The number of rotatable bonds is 6. The van der Waals surface area contributed by atoms with Crippen molar-refractivity contribution in [3.05, 3.63) is 107 Å². The van der Waals surface area contributed by atoms with Gasteiger partial charge in [0.15, 0.2) is 5.78 Å². The van der Waals surface area contributed by atoms with Crippen LogP contribution in [0.2, 0.25) is 0 Å². The van der Waals surface area contributed by atoms with E-state index >= 15 is 0 Å². The van der Waals surface area contributed by atoms with Gasteiger partial charge in [0.1, 0.15) is 6.61 Å². The van der Waals surface area contributed by atoms with Crippen molar-refractivity contribution in [2.24, 2.45) is 0 Å². The number of carbonyl (C=O) groups excluding carboxylic acids is 2. The Morgan fingerprint density at radius 1 is 0.640 bits per heavy atom. The maximum absolute atomic E-state index is 12.3. The van der Waals surface area contributed by atoms with Gasteiger partial charge < -0.3 is 0 Å². The molecule has 0 atom stereocenters. The van der Waals surface area contributed by atoms with Crippen LogP contribution in [0.25, 0.3) is 0 Å². The molecule has 0 N–H and O–H groups in total. The fraction of sp³-hybridized carbons (Fsp3) is 0.0476. The first-order chi connectivity index (χ1) is 12.2. The van der Waals surface area contributed by atoms with Crippen LogP contribution < -0.4 is 0 Å². The molecule has 3 aromatic rings. The van der Waals surface area contributed by atoms with Crippen molar-refractivity contribution >= 4 is 11.8 Å². The molecule has 0 aromatic heterocycles. The Morgan fingerprint density at radius 3 is 1.76 bits per heavy atom. The number of ketones is 1. The van der Waals surface area contributed by atoms with Gasteiger partial charge in [-0.3, -0.25) is 9.68 Å². The molecule has 4 nitrogen and oxygen atoms in total. The van der Waals surface area contributed by atoms with E-state index in [1.54, 1.807) is 60.7 Å². The molecule has 25 heavy (non-hydrogen) atoms. The molecule has 3 rings (SSSR count). The van der Waals surface area contributed by atoms with Gasteiger partial charge >= 0.3 is 5.97 Å². The molecule has 0 aliphatic rings. The molecule has 0 radical (unpaired) electrons. The van der Waals surface area contributed by atoms with Gasteiger partial charge in [-0.15, -0.1) is 0 Å². The van der Waals surface area contributed by atoms with Gasteiger partial charge in [-0.1, -0.05) is 72.8 Å². The zero-order valence-electron chi connectivity index (χ0n) is 13.4. The highest BCUT2D eigenvalue weighted by atomic mass is 17.2. The van der Waals surface area contributed by atoms with Crippen LogP contribution in [0, 0.1) is 0 Å². The summed E-state index contributed by atoms with van der Waals surface area (Å²) >= 11 is 0. The van der Waals surface area contributed by atoms with Crippen LogP contribution in [0.1, 0.15) is 31.8 Å². The molecule has 4 heteroatoms. The molecule has 0 fully saturated rings. The van der Waals surface area contributed by atoms with Crippen LogP contribution in [0.15, 0.2) is 84.9 Å². The first kappa shape index (κ1) is 16.6. The molecule has 0 aliphatic heterocycles. The second-order valence-electron chi connectivity index (χ2n) is 5.39. The van der Waals surface area contributed by atoms with Crippen LogP contribution in [-0.2, 0) is 16.4 Å². The summed E-state index contributed by atoms with van der Waals surface area (Å²) in [6.45, 7) is 0.110. The van der Waals surface area contributed by atoms with Crippen LogP contribution in [0.5, 0.6) is 0 Å². The minimum absolute atomic E-state index is 0.0384. The fourth-order valence-corrected chi connectivity index (χ4v) is 2.28. The summed E-state index contributed by atoms with van der Waals surface area (Å²) in [5.41, 5.74) is 2.45. The first-order valence-electron chi connectivity index (χ1n) is 7.81. The average Bonchev–Trinajstić information content (AvgIpc) is 2.69. The normalized spacial score (nSPS) is 10.2. The van der Waals surface area contributed by atoms with Crippen molar-refractivity contribution < 1.29 is 19.4 Å². The molecular formula is C21H16O4. The fourth-order valence-electron chi connectivity index (χ4n) is 2.28. The number of hydrogen-bond acceptors (Lipinski definition) is 4. The third kappa shape index (κ3) is 4.40. The van der Waals surface area contributed by atoms with Crippen LogP contribution >= 0.6 is 0 Å². The summed E-state index contributed by atoms with van der Waals surface area (Å²) in [6, 6.07) is 24.7. The lowest BCUT2D eigenvalue weighted by Gasteiger charge is -2.05. The topological polar surface area (TPSA) is 52.6 Å². The molecule has 0 heterocycles.